The third-order valence-electron chi connectivity index (χ3n) is 3.57. The number of carbonyl (C=O) groups is 3. The first-order chi connectivity index (χ1) is 12.8. The van der Waals surface area contributed by atoms with E-state index in [-0.39, 0.29) is 33.7 Å². The van der Waals surface area contributed by atoms with Gasteiger partial charge in [-0.25, -0.2) is 4.79 Å². The number of methoxy groups -OCH3 is 1. The van der Waals surface area contributed by atoms with Crippen LogP contribution in [0.3, 0.4) is 0 Å². The van der Waals surface area contributed by atoms with E-state index >= 15 is 0 Å². The molecule has 1 aromatic carbocycles. The Kier molecular flexibility index (Phi) is 5.64. The summed E-state index contributed by atoms with van der Waals surface area (Å²) in [5, 5.41) is 9.32. The van der Waals surface area contributed by atoms with Crippen LogP contribution in [0.1, 0.15) is 21.9 Å². The molecule has 0 atom stereocenters. The van der Waals surface area contributed by atoms with Crippen LogP contribution in [0.25, 0.3) is 6.08 Å². The second kappa shape index (κ2) is 7.79. The quantitative estimate of drug-likeness (QED) is 0.519. The fraction of sp³-hybridized carbons (Fsp3) is 0.118. The van der Waals surface area contributed by atoms with Crippen molar-refractivity contribution >= 4 is 62.5 Å². The summed E-state index contributed by atoms with van der Waals surface area (Å²) < 4.78 is 10.2. The van der Waals surface area contributed by atoms with Gasteiger partial charge in [0, 0.05) is 0 Å². The van der Waals surface area contributed by atoms with Crippen molar-refractivity contribution in [2.24, 2.45) is 0 Å². The van der Waals surface area contributed by atoms with Crippen molar-refractivity contribution < 1.29 is 28.6 Å². The zero-order chi connectivity index (χ0) is 19.7. The minimum atomic E-state index is -0.648. The molecule has 0 aliphatic carbocycles. The average Bonchev–Trinajstić information content (AvgIpc) is 3.20. The number of carbonyl (C=O) groups excluding carboxylic acids is 3. The first-order valence-corrected chi connectivity index (χ1v) is 9.39. The number of imide groups is 1. The van der Waals surface area contributed by atoms with Gasteiger partial charge >= 0.3 is 5.97 Å². The Balaban J connectivity index is 1.81. The highest BCUT2D eigenvalue weighted by Crippen LogP contribution is 2.37. The standard InChI is InChI=1S/C17H11BrClNO6S/c1-25-16(23)12-3-2-9(26-12)7-20-15(22)13(27-17(20)24)6-8-4-10(18)14(21)11(19)5-8/h2-6,21H,7H2,1H3/b13-6+. The molecule has 2 heterocycles. The second-order valence-corrected chi connectivity index (χ2v) is 7.61. The summed E-state index contributed by atoms with van der Waals surface area (Å²) in [6.07, 6.45) is 1.50. The molecule has 0 saturated carbocycles. The summed E-state index contributed by atoms with van der Waals surface area (Å²) in [5.41, 5.74) is 0.543. The van der Waals surface area contributed by atoms with Crippen LogP contribution in [0.5, 0.6) is 5.75 Å². The SMILES string of the molecule is COC(=O)c1ccc(CN2C(=O)S/C(=C/c3cc(Cl)c(O)c(Br)c3)C2=O)o1. The molecule has 27 heavy (non-hydrogen) atoms. The van der Waals surface area contributed by atoms with Crippen molar-refractivity contribution in [3.63, 3.8) is 0 Å². The van der Waals surface area contributed by atoms with Crippen LogP contribution < -0.4 is 0 Å². The van der Waals surface area contributed by atoms with Crippen molar-refractivity contribution in [1.82, 2.24) is 4.90 Å². The number of nitrogens with zero attached hydrogens (tertiary/aromatic N) is 1. The predicted molar refractivity (Wildman–Crippen MR) is 102 cm³/mol. The van der Waals surface area contributed by atoms with Gasteiger partial charge in [0.25, 0.3) is 11.1 Å². The molecular weight excluding hydrogens is 462 g/mol. The molecule has 7 nitrogen and oxygen atoms in total. The molecule has 3 rings (SSSR count). The van der Waals surface area contributed by atoms with Crippen LogP contribution in [0.2, 0.25) is 5.02 Å². The fourth-order valence-corrected chi connectivity index (χ4v) is 3.94. The Bertz CT molecular complexity index is 963. The number of rotatable bonds is 4. The summed E-state index contributed by atoms with van der Waals surface area (Å²) in [5.74, 6) is -1.000. The first kappa shape index (κ1) is 19.5. The molecule has 1 N–H and O–H groups in total. The molecule has 1 aliphatic rings. The van der Waals surface area contributed by atoms with E-state index in [4.69, 9.17) is 16.0 Å². The second-order valence-electron chi connectivity index (χ2n) is 5.36. The number of aromatic hydroxyl groups is 1. The monoisotopic (exact) mass is 471 g/mol. The number of ether oxygens (including phenoxy) is 1. The van der Waals surface area contributed by atoms with E-state index in [1.807, 2.05) is 0 Å². The zero-order valence-electron chi connectivity index (χ0n) is 13.7. The first-order valence-electron chi connectivity index (χ1n) is 7.40. The van der Waals surface area contributed by atoms with Gasteiger partial charge in [-0.2, -0.15) is 0 Å². The number of phenolic OH excluding ortho intramolecular Hbond substituents is 1. The Morgan fingerprint density at radius 1 is 1.41 bits per heavy atom. The van der Waals surface area contributed by atoms with E-state index in [0.717, 1.165) is 16.7 Å². The summed E-state index contributed by atoms with van der Waals surface area (Å²) >= 11 is 9.86. The minimum Gasteiger partial charge on any atom is -0.505 e. The molecule has 0 radical (unpaired) electrons. The lowest BCUT2D eigenvalue weighted by atomic mass is 10.2. The average molecular weight is 473 g/mol. The topological polar surface area (TPSA) is 97.0 Å². The molecule has 2 amide bonds. The lowest BCUT2D eigenvalue weighted by molar-refractivity contribution is -0.123. The highest BCUT2D eigenvalue weighted by atomic mass is 79.9. The van der Waals surface area contributed by atoms with Crippen LogP contribution in [0.15, 0.2) is 38.1 Å². The third kappa shape index (κ3) is 4.05. The molecule has 0 unspecified atom stereocenters. The van der Waals surface area contributed by atoms with Gasteiger partial charge in [0.15, 0.2) is 0 Å². The van der Waals surface area contributed by atoms with E-state index in [1.54, 1.807) is 6.07 Å². The number of phenols is 1. The molecule has 2 aromatic rings. The van der Waals surface area contributed by atoms with Crippen LogP contribution in [0.4, 0.5) is 4.79 Å². The van der Waals surface area contributed by atoms with Crippen LogP contribution in [-0.2, 0) is 16.1 Å². The van der Waals surface area contributed by atoms with Crippen LogP contribution in [-0.4, -0.2) is 34.2 Å². The molecule has 0 spiro atoms. The van der Waals surface area contributed by atoms with E-state index < -0.39 is 17.1 Å². The number of halogens is 2. The highest BCUT2D eigenvalue weighted by Gasteiger charge is 2.35. The molecule has 140 valence electrons. The number of hydrogen-bond acceptors (Lipinski definition) is 7. The predicted octanol–water partition coefficient (Wildman–Crippen LogP) is 4.42. The lowest BCUT2D eigenvalue weighted by Crippen LogP contribution is -2.27. The lowest BCUT2D eigenvalue weighted by Gasteiger charge is -2.10. The van der Waals surface area contributed by atoms with Crippen LogP contribution in [0, 0.1) is 0 Å². The number of thioether (sulfide) groups is 1. The van der Waals surface area contributed by atoms with Gasteiger partial charge in [0.05, 0.1) is 28.1 Å². The van der Waals surface area contributed by atoms with Gasteiger partial charge in [0.2, 0.25) is 5.76 Å². The molecule has 0 bridgehead atoms. The zero-order valence-corrected chi connectivity index (χ0v) is 16.9. The molecular formula is C17H11BrClNO6S. The molecule has 10 heteroatoms. The number of amides is 2. The van der Waals surface area contributed by atoms with Crippen LogP contribution >= 0.6 is 39.3 Å². The van der Waals surface area contributed by atoms with E-state index in [1.165, 1.54) is 31.4 Å². The van der Waals surface area contributed by atoms with E-state index in [0.29, 0.717) is 10.0 Å². The molecule has 1 aliphatic heterocycles. The smallest absolute Gasteiger partial charge is 0.373 e. The summed E-state index contributed by atoms with van der Waals surface area (Å²) in [4.78, 5) is 37.4. The largest absolute Gasteiger partial charge is 0.505 e. The Morgan fingerprint density at radius 2 is 2.15 bits per heavy atom. The third-order valence-corrected chi connectivity index (χ3v) is 5.37. The van der Waals surface area contributed by atoms with Gasteiger partial charge in [-0.1, -0.05) is 11.6 Å². The summed E-state index contributed by atoms with van der Waals surface area (Å²) in [7, 11) is 1.22. The summed E-state index contributed by atoms with van der Waals surface area (Å²) in [6, 6.07) is 5.96. The van der Waals surface area contributed by atoms with Crippen molar-refractivity contribution in [1.29, 1.82) is 0 Å². The van der Waals surface area contributed by atoms with Crippen molar-refractivity contribution in [2.75, 3.05) is 7.11 Å². The van der Waals surface area contributed by atoms with Gasteiger partial charge in [-0.05, 0) is 63.6 Å². The molecule has 1 aromatic heterocycles. The fourth-order valence-electron chi connectivity index (χ4n) is 2.29. The maximum absolute atomic E-state index is 12.5. The van der Waals surface area contributed by atoms with Crippen molar-refractivity contribution in [2.45, 2.75) is 6.54 Å². The van der Waals surface area contributed by atoms with Crippen molar-refractivity contribution in [3.8, 4) is 5.75 Å². The maximum Gasteiger partial charge on any atom is 0.373 e. The Labute approximate surface area is 171 Å². The van der Waals surface area contributed by atoms with E-state index in [9.17, 15) is 19.5 Å². The molecule has 1 saturated heterocycles. The minimum absolute atomic E-state index is 0.0152. The van der Waals surface area contributed by atoms with Gasteiger partial charge in [-0.15, -0.1) is 0 Å². The normalized spacial score (nSPS) is 15.7. The number of hydrogen-bond donors (Lipinski definition) is 1. The van der Waals surface area contributed by atoms with E-state index in [2.05, 4.69) is 20.7 Å². The Morgan fingerprint density at radius 3 is 2.81 bits per heavy atom. The Hall–Kier alpha value is -2.23. The van der Waals surface area contributed by atoms with Gasteiger partial charge in [-0.3, -0.25) is 14.5 Å². The highest BCUT2D eigenvalue weighted by molar-refractivity contribution is 9.10. The number of benzene rings is 1. The molecule has 1 fully saturated rings. The van der Waals surface area contributed by atoms with Gasteiger partial charge < -0.3 is 14.3 Å². The summed E-state index contributed by atoms with van der Waals surface area (Å²) in [6.45, 7) is -0.112. The van der Waals surface area contributed by atoms with Crippen molar-refractivity contribution in [3.05, 3.63) is 55.7 Å². The maximum atomic E-state index is 12.5. The number of esters is 1. The number of furan rings is 1. The van der Waals surface area contributed by atoms with Gasteiger partial charge in [0.1, 0.15) is 11.5 Å².